The fraction of sp³-hybridized carbons (Fsp3) is 0.231. The van der Waals surface area contributed by atoms with Gasteiger partial charge in [-0.05, 0) is 48.0 Å². The Kier molecular flexibility index (Phi) is 6.22. The number of carbonyl (C=O) groups is 1. The van der Waals surface area contributed by atoms with Gasteiger partial charge in [-0.3, -0.25) is 9.69 Å². The van der Waals surface area contributed by atoms with Gasteiger partial charge in [-0.2, -0.15) is 0 Å². The van der Waals surface area contributed by atoms with Crippen molar-refractivity contribution in [2.45, 2.75) is 13.0 Å². The van der Waals surface area contributed by atoms with Crippen molar-refractivity contribution in [3.63, 3.8) is 0 Å². The molecule has 8 heteroatoms. The molecule has 1 amide bonds. The van der Waals surface area contributed by atoms with E-state index in [1.807, 2.05) is 30.3 Å². The third-order valence-electron chi connectivity index (χ3n) is 6.08. The molecule has 34 heavy (non-hydrogen) atoms. The Balaban J connectivity index is 1.18. The number of hydrogen-bond acceptors (Lipinski definition) is 4. The molecule has 1 aliphatic heterocycles. The number of aromatic amines is 1. The van der Waals surface area contributed by atoms with Crippen molar-refractivity contribution in [3.8, 4) is 0 Å². The number of H-pyrrole nitrogens is 1. The molecule has 2 N–H and O–H groups in total. The van der Waals surface area contributed by atoms with Gasteiger partial charge in [0.2, 0.25) is 0 Å². The van der Waals surface area contributed by atoms with E-state index in [0.717, 1.165) is 38.4 Å². The molecule has 1 aliphatic rings. The minimum absolute atomic E-state index is 0.308. The fourth-order valence-electron chi connectivity index (χ4n) is 4.24. The normalized spacial score (nSPS) is 14.6. The van der Waals surface area contributed by atoms with Crippen LogP contribution in [0.15, 0.2) is 72.8 Å². The maximum absolute atomic E-state index is 12.8. The Hall–Kier alpha value is -3.78. The van der Waals surface area contributed by atoms with Crippen molar-refractivity contribution in [2.24, 2.45) is 0 Å². The highest BCUT2D eigenvalue weighted by atomic mass is 19.3. The van der Waals surface area contributed by atoms with Crippen LogP contribution in [0.1, 0.15) is 28.2 Å². The van der Waals surface area contributed by atoms with Crippen molar-refractivity contribution in [1.29, 1.82) is 0 Å². The Morgan fingerprint density at radius 2 is 1.71 bits per heavy atom. The molecule has 0 unspecified atom stereocenters. The van der Waals surface area contributed by atoms with Gasteiger partial charge in [-0.15, -0.1) is 0 Å². The fourth-order valence-corrected chi connectivity index (χ4v) is 4.24. The van der Waals surface area contributed by atoms with Gasteiger partial charge in [0.25, 0.3) is 12.3 Å². The maximum atomic E-state index is 12.8. The highest BCUT2D eigenvalue weighted by Crippen LogP contribution is 2.23. The van der Waals surface area contributed by atoms with Crippen molar-refractivity contribution in [3.05, 3.63) is 89.7 Å². The lowest BCUT2D eigenvalue weighted by atomic mass is 10.1. The second-order valence-electron chi connectivity index (χ2n) is 8.40. The molecular weight excluding hydrogens is 436 g/mol. The molecule has 4 aromatic rings. The van der Waals surface area contributed by atoms with Crippen LogP contribution in [0.4, 0.5) is 20.2 Å². The molecular formula is C26H25F2N5O. The van der Waals surface area contributed by atoms with Crippen LogP contribution >= 0.6 is 0 Å². The zero-order valence-electron chi connectivity index (χ0n) is 18.5. The Bertz CT molecular complexity index is 1270. The molecule has 6 nitrogen and oxygen atoms in total. The van der Waals surface area contributed by atoms with Gasteiger partial charge in [0, 0.05) is 49.7 Å². The summed E-state index contributed by atoms with van der Waals surface area (Å²) in [5.41, 5.74) is 4.31. The number of hydrogen-bond donors (Lipinski definition) is 2. The topological polar surface area (TPSA) is 64.3 Å². The summed E-state index contributed by atoms with van der Waals surface area (Å²) >= 11 is 0. The van der Waals surface area contributed by atoms with Crippen LogP contribution < -0.4 is 10.2 Å². The monoisotopic (exact) mass is 461 g/mol. The molecule has 2 heterocycles. The number of rotatable bonds is 6. The van der Waals surface area contributed by atoms with E-state index in [-0.39, 0.29) is 5.91 Å². The molecule has 1 saturated heterocycles. The summed E-state index contributed by atoms with van der Waals surface area (Å²) in [6.45, 7) is 4.85. The van der Waals surface area contributed by atoms with Crippen LogP contribution in [0.25, 0.3) is 11.0 Å². The number of piperazine rings is 1. The molecule has 174 valence electrons. The van der Waals surface area contributed by atoms with E-state index in [1.165, 1.54) is 11.6 Å². The molecule has 0 bridgehead atoms. The number of carbonyl (C=O) groups excluding carboxylic acids is 1. The lowest BCUT2D eigenvalue weighted by Crippen LogP contribution is -2.45. The highest BCUT2D eigenvalue weighted by Gasteiger charge is 2.18. The lowest BCUT2D eigenvalue weighted by molar-refractivity contribution is 0.102. The first-order chi connectivity index (χ1) is 16.5. The number of amides is 1. The average Bonchev–Trinajstić information content (AvgIpc) is 3.30. The molecule has 0 spiro atoms. The first-order valence-corrected chi connectivity index (χ1v) is 11.3. The van der Waals surface area contributed by atoms with E-state index in [0.29, 0.717) is 22.3 Å². The summed E-state index contributed by atoms with van der Waals surface area (Å²) in [5.74, 6) is -0.707. The minimum Gasteiger partial charge on any atom is -0.369 e. The van der Waals surface area contributed by atoms with Gasteiger partial charge in [-0.25, -0.2) is 13.8 Å². The maximum Gasteiger partial charge on any atom is 0.295 e. The zero-order valence-corrected chi connectivity index (χ0v) is 18.5. The largest absolute Gasteiger partial charge is 0.369 e. The van der Waals surface area contributed by atoms with E-state index in [9.17, 15) is 13.6 Å². The zero-order chi connectivity index (χ0) is 23.5. The van der Waals surface area contributed by atoms with Crippen molar-refractivity contribution >= 4 is 28.3 Å². The predicted octanol–water partition coefficient (Wildman–Crippen LogP) is 5.08. The number of halogens is 2. The van der Waals surface area contributed by atoms with Gasteiger partial charge in [-0.1, -0.05) is 30.3 Å². The lowest BCUT2D eigenvalue weighted by Gasteiger charge is -2.36. The van der Waals surface area contributed by atoms with Gasteiger partial charge < -0.3 is 15.2 Å². The molecule has 0 aliphatic carbocycles. The van der Waals surface area contributed by atoms with Crippen molar-refractivity contribution in [1.82, 2.24) is 14.9 Å². The molecule has 3 aromatic carbocycles. The number of imidazole rings is 1. The highest BCUT2D eigenvalue weighted by molar-refractivity contribution is 6.06. The van der Waals surface area contributed by atoms with E-state index < -0.39 is 12.2 Å². The third-order valence-corrected chi connectivity index (χ3v) is 6.08. The number of alkyl halides is 2. The number of nitrogens with zero attached hydrogens (tertiary/aromatic N) is 3. The van der Waals surface area contributed by atoms with Gasteiger partial charge in [0.1, 0.15) is 0 Å². The third kappa shape index (κ3) is 4.92. The second-order valence-corrected chi connectivity index (χ2v) is 8.40. The average molecular weight is 462 g/mol. The van der Waals surface area contributed by atoms with Crippen molar-refractivity contribution < 1.29 is 13.6 Å². The van der Waals surface area contributed by atoms with Crippen LogP contribution in [0.5, 0.6) is 0 Å². The summed E-state index contributed by atoms with van der Waals surface area (Å²) < 4.78 is 25.7. The summed E-state index contributed by atoms with van der Waals surface area (Å²) in [6.07, 6.45) is -2.69. The SMILES string of the molecule is O=C(Nc1ccc(N2CCN(Cc3ccccc3)CC2)cc1)c1ccc2nc(C(F)F)[nH]c2c1. The minimum atomic E-state index is -2.69. The first kappa shape index (κ1) is 22.0. The van der Waals surface area contributed by atoms with E-state index in [1.54, 1.807) is 12.1 Å². The quantitative estimate of drug-likeness (QED) is 0.421. The number of benzene rings is 3. The Labute approximate surface area is 196 Å². The summed E-state index contributed by atoms with van der Waals surface area (Å²) in [5, 5.41) is 2.87. The second kappa shape index (κ2) is 9.61. The van der Waals surface area contributed by atoms with Crippen LogP contribution in [0, 0.1) is 0 Å². The van der Waals surface area contributed by atoms with E-state index in [2.05, 4.69) is 49.4 Å². The van der Waals surface area contributed by atoms with E-state index in [4.69, 9.17) is 0 Å². The van der Waals surface area contributed by atoms with Crippen molar-refractivity contribution in [2.75, 3.05) is 36.4 Å². The first-order valence-electron chi connectivity index (χ1n) is 11.3. The van der Waals surface area contributed by atoms with Crippen LogP contribution in [0.2, 0.25) is 0 Å². The number of aromatic nitrogens is 2. The number of nitrogens with one attached hydrogen (secondary N) is 2. The summed E-state index contributed by atoms with van der Waals surface area (Å²) in [6, 6.07) is 23.0. The summed E-state index contributed by atoms with van der Waals surface area (Å²) in [7, 11) is 0. The van der Waals surface area contributed by atoms with Crippen LogP contribution in [-0.2, 0) is 6.54 Å². The van der Waals surface area contributed by atoms with Gasteiger partial charge in [0.15, 0.2) is 5.82 Å². The number of anilines is 2. The smallest absolute Gasteiger partial charge is 0.295 e. The van der Waals surface area contributed by atoms with E-state index >= 15 is 0 Å². The molecule has 5 rings (SSSR count). The molecule has 0 radical (unpaired) electrons. The molecule has 1 fully saturated rings. The van der Waals surface area contributed by atoms with Crippen LogP contribution in [0.3, 0.4) is 0 Å². The summed E-state index contributed by atoms with van der Waals surface area (Å²) in [4.78, 5) is 23.9. The van der Waals surface area contributed by atoms with Crippen LogP contribution in [-0.4, -0.2) is 47.0 Å². The molecule has 0 atom stereocenters. The molecule has 1 aromatic heterocycles. The van der Waals surface area contributed by atoms with Gasteiger partial charge in [0.05, 0.1) is 11.0 Å². The molecule has 0 saturated carbocycles. The Morgan fingerprint density at radius 3 is 2.41 bits per heavy atom. The standard InChI is InChI=1S/C26H25F2N5O/c27-24(28)25-30-22-11-6-19(16-23(22)31-25)26(34)29-20-7-9-21(10-8-20)33-14-12-32(13-15-33)17-18-4-2-1-3-5-18/h1-11,16,24H,12-15,17H2,(H,29,34)(H,30,31). The number of fused-ring (bicyclic) bond motifs is 1. The Morgan fingerprint density at radius 1 is 0.971 bits per heavy atom. The predicted molar refractivity (Wildman–Crippen MR) is 129 cm³/mol. The van der Waals surface area contributed by atoms with Gasteiger partial charge >= 0.3 is 0 Å².